The van der Waals surface area contributed by atoms with Crippen molar-refractivity contribution in [3.8, 4) is 0 Å². The maximum absolute atomic E-state index is 14.3. The highest BCUT2D eigenvalue weighted by atomic mass is 16.5. The van der Waals surface area contributed by atoms with Crippen molar-refractivity contribution in [3.63, 3.8) is 0 Å². The lowest BCUT2D eigenvalue weighted by Gasteiger charge is -2.72. The van der Waals surface area contributed by atoms with Gasteiger partial charge in [-0.25, -0.2) is 4.68 Å². The van der Waals surface area contributed by atoms with Crippen LogP contribution in [0.3, 0.4) is 0 Å². The molecule has 0 unspecified atom stereocenters. The number of rotatable bonds is 7. The standard InChI is InChI=1S/C38H57N5O6/c1-21(2)28-23(44)19-38(30(46)39-32-40-41-42-43(32)10)18-17-36(8)22(29(28)38)11-12-25-35(7)15-14-26(49-27(45)20-33(3,4)31(47)48)34(5,6)24(35)13-16-37(25,36)9/h21-22,24-26H,11-20H2,1-10H3,(H,47,48)(H,39,40,42,46)/t22-,24+,25-,26+,35+,36-,37-,38-/m1/s1. The van der Waals surface area contributed by atoms with E-state index in [4.69, 9.17) is 4.74 Å². The minimum absolute atomic E-state index is 0.0108. The molecule has 1 amide bonds. The molecule has 1 aromatic heterocycles. The molecule has 0 radical (unpaired) electrons. The minimum Gasteiger partial charge on any atom is -0.481 e. The smallest absolute Gasteiger partial charge is 0.309 e. The van der Waals surface area contributed by atoms with Gasteiger partial charge in [-0.2, -0.15) is 0 Å². The number of Topliss-reactive ketones (excluding diaryl/α,β-unsaturated/α-hetero) is 1. The fraction of sp³-hybridized carbons (Fsp3) is 0.816. The Balaban J connectivity index is 1.31. The number of ether oxygens (including phenoxy) is 1. The molecule has 270 valence electrons. The number of esters is 1. The molecular formula is C38H57N5O6. The lowest BCUT2D eigenvalue weighted by Crippen LogP contribution is -2.66. The van der Waals surface area contributed by atoms with Crippen molar-refractivity contribution in [2.75, 3.05) is 5.32 Å². The van der Waals surface area contributed by atoms with Crippen molar-refractivity contribution in [2.45, 2.75) is 133 Å². The Hall–Kier alpha value is -3.11. The summed E-state index contributed by atoms with van der Waals surface area (Å²) in [5.74, 6) is -0.301. The van der Waals surface area contributed by atoms with Gasteiger partial charge in [0.2, 0.25) is 11.9 Å². The van der Waals surface area contributed by atoms with E-state index in [-0.39, 0.29) is 70.1 Å². The van der Waals surface area contributed by atoms with Gasteiger partial charge in [0.05, 0.1) is 17.3 Å². The van der Waals surface area contributed by atoms with Crippen molar-refractivity contribution < 1.29 is 29.0 Å². The first-order chi connectivity index (χ1) is 22.7. The number of aromatic nitrogens is 4. The highest BCUT2D eigenvalue weighted by Gasteiger charge is 2.71. The van der Waals surface area contributed by atoms with Crippen LogP contribution in [0.15, 0.2) is 11.1 Å². The van der Waals surface area contributed by atoms with Crippen LogP contribution in [0.5, 0.6) is 0 Å². The van der Waals surface area contributed by atoms with Crippen LogP contribution in [0.4, 0.5) is 5.95 Å². The molecule has 0 saturated heterocycles. The van der Waals surface area contributed by atoms with Crippen LogP contribution in [0.25, 0.3) is 0 Å². The number of amides is 1. The van der Waals surface area contributed by atoms with Gasteiger partial charge in [-0.1, -0.05) is 53.6 Å². The number of carboxylic acid groups (broad SMARTS) is 1. The number of hydrogen-bond donors (Lipinski definition) is 2. The Kier molecular flexibility index (Phi) is 8.35. The Bertz CT molecular complexity index is 1610. The average molecular weight is 680 g/mol. The van der Waals surface area contributed by atoms with E-state index in [1.54, 1.807) is 20.9 Å². The summed E-state index contributed by atoms with van der Waals surface area (Å²) < 4.78 is 7.58. The molecule has 4 saturated carbocycles. The molecule has 11 nitrogen and oxygen atoms in total. The van der Waals surface area contributed by atoms with Gasteiger partial charge in [0.25, 0.3) is 0 Å². The molecule has 0 aromatic carbocycles. The van der Waals surface area contributed by atoms with Gasteiger partial charge in [0, 0.05) is 18.9 Å². The monoisotopic (exact) mass is 679 g/mol. The second-order valence-electron chi connectivity index (χ2n) is 18.6. The first-order valence-electron chi connectivity index (χ1n) is 18.4. The van der Waals surface area contributed by atoms with Gasteiger partial charge in [0.1, 0.15) is 6.10 Å². The van der Waals surface area contributed by atoms with Crippen LogP contribution in [0, 0.1) is 56.2 Å². The summed E-state index contributed by atoms with van der Waals surface area (Å²) in [6.07, 6.45) is 6.96. The highest BCUT2D eigenvalue weighted by molar-refractivity contribution is 6.09. The van der Waals surface area contributed by atoms with Crippen LogP contribution < -0.4 is 5.32 Å². The van der Waals surface area contributed by atoms with E-state index in [1.807, 2.05) is 0 Å². The molecule has 5 aliphatic rings. The van der Waals surface area contributed by atoms with Crippen molar-refractivity contribution in [1.82, 2.24) is 20.2 Å². The maximum atomic E-state index is 14.3. The number of nitrogens with zero attached hydrogens (tertiary/aromatic N) is 4. The van der Waals surface area contributed by atoms with Gasteiger partial charge in [-0.3, -0.25) is 24.5 Å². The number of aryl methyl sites for hydroxylation is 1. The third kappa shape index (κ3) is 5.05. The molecular weight excluding hydrogens is 622 g/mol. The molecule has 4 fully saturated rings. The number of fused-ring (bicyclic) bond motifs is 7. The number of allylic oxidation sites excluding steroid dienone is 1. The zero-order chi connectivity index (χ0) is 36.1. The summed E-state index contributed by atoms with van der Waals surface area (Å²) in [7, 11) is 1.69. The number of nitrogens with one attached hydrogen (secondary N) is 1. The van der Waals surface area contributed by atoms with E-state index in [2.05, 4.69) is 69.3 Å². The molecule has 6 rings (SSSR count). The molecule has 0 aliphatic heterocycles. The number of carbonyl (C=O) groups excluding carboxylic acids is 3. The van der Waals surface area contributed by atoms with Crippen LogP contribution in [0.2, 0.25) is 0 Å². The van der Waals surface area contributed by atoms with Gasteiger partial charge in [-0.15, -0.1) is 0 Å². The number of anilines is 1. The molecule has 0 spiro atoms. The molecule has 2 N–H and O–H groups in total. The van der Waals surface area contributed by atoms with Crippen LogP contribution in [-0.4, -0.2) is 55.0 Å². The Morgan fingerprint density at radius 1 is 0.980 bits per heavy atom. The first kappa shape index (κ1) is 35.7. The highest BCUT2D eigenvalue weighted by Crippen LogP contribution is 2.76. The average Bonchev–Trinajstić information content (AvgIpc) is 3.54. The summed E-state index contributed by atoms with van der Waals surface area (Å²) in [5.41, 5.74) is -0.479. The van der Waals surface area contributed by atoms with Gasteiger partial charge in [-0.05, 0) is 127 Å². The van der Waals surface area contributed by atoms with Gasteiger partial charge < -0.3 is 9.84 Å². The lowest BCUT2D eigenvalue weighted by molar-refractivity contribution is -0.233. The SMILES string of the molecule is CC(C)C1=C2[C@H]3CC[C@@H]4[C@@]5(C)CC[C@H](OC(=O)CC(C)(C)C(=O)O)C(C)(C)[C@@H]5CC[C@@]4(C)[C@]3(C)CC[C@@]2(C(=O)Nc2nnnn2C)CC1=O. The van der Waals surface area contributed by atoms with E-state index in [9.17, 15) is 24.3 Å². The number of carboxylic acids is 1. The molecule has 49 heavy (non-hydrogen) atoms. The van der Waals surface area contributed by atoms with Crippen molar-refractivity contribution in [1.29, 1.82) is 0 Å². The van der Waals surface area contributed by atoms with Gasteiger partial charge >= 0.3 is 11.9 Å². The number of carbonyl (C=O) groups is 4. The van der Waals surface area contributed by atoms with E-state index in [1.165, 1.54) is 4.68 Å². The Labute approximate surface area is 290 Å². The molecule has 1 aromatic rings. The third-order valence-electron chi connectivity index (χ3n) is 15.1. The van der Waals surface area contributed by atoms with Crippen LogP contribution in [-0.2, 0) is 31.0 Å². The maximum Gasteiger partial charge on any atom is 0.309 e. The third-order valence-corrected chi connectivity index (χ3v) is 15.1. The predicted molar refractivity (Wildman–Crippen MR) is 183 cm³/mol. The number of aliphatic carboxylic acids is 1. The summed E-state index contributed by atoms with van der Waals surface area (Å²) >= 11 is 0. The quantitative estimate of drug-likeness (QED) is 0.306. The zero-order valence-electron chi connectivity index (χ0n) is 31.2. The Morgan fingerprint density at radius 3 is 2.29 bits per heavy atom. The molecule has 0 bridgehead atoms. The van der Waals surface area contributed by atoms with E-state index >= 15 is 0 Å². The molecule has 5 aliphatic carbocycles. The normalized spacial score (nSPS) is 38.3. The fourth-order valence-electron chi connectivity index (χ4n) is 12.3. The largest absolute Gasteiger partial charge is 0.481 e. The fourth-order valence-corrected chi connectivity index (χ4v) is 12.3. The number of tetrazole rings is 1. The van der Waals surface area contributed by atoms with Crippen molar-refractivity contribution in [2.24, 2.45) is 63.2 Å². The predicted octanol–water partition coefficient (Wildman–Crippen LogP) is 6.54. The second kappa shape index (κ2) is 11.5. The lowest BCUT2D eigenvalue weighted by atomic mass is 9.33. The van der Waals surface area contributed by atoms with Crippen molar-refractivity contribution in [3.05, 3.63) is 11.1 Å². The topological polar surface area (TPSA) is 153 Å². The minimum atomic E-state index is -1.18. The summed E-state index contributed by atoms with van der Waals surface area (Å²) in [6, 6.07) is 0. The van der Waals surface area contributed by atoms with Gasteiger partial charge in [0.15, 0.2) is 5.78 Å². The van der Waals surface area contributed by atoms with Crippen LogP contribution in [0.1, 0.15) is 127 Å². The Morgan fingerprint density at radius 2 is 1.67 bits per heavy atom. The molecule has 8 atom stereocenters. The number of hydrogen-bond acceptors (Lipinski definition) is 8. The van der Waals surface area contributed by atoms with E-state index < -0.39 is 22.8 Å². The van der Waals surface area contributed by atoms with Crippen molar-refractivity contribution >= 4 is 29.6 Å². The zero-order valence-corrected chi connectivity index (χ0v) is 31.2. The number of ketones is 1. The molecule has 1 heterocycles. The van der Waals surface area contributed by atoms with E-state index in [0.29, 0.717) is 18.3 Å². The van der Waals surface area contributed by atoms with Crippen LogP contribution >= 0.6 is 0 Å². The molecule has 11 heteroatoms. The summed E-state index contributed by atoms with van der Waals surface area (Å²) in [4.78, 5) is 53.0. The first-order valence-corrected chi connectivity index (χ1v) is 18.4. The second-order valence-corrected chi connectivity index (χ2v) is 18.6. The van der Waals surface area contributed by atoms with E-state index in [0.717, 1.165) is 56.1 Å². The summed E-state index contributed by atoms with van der Waals surface area (Å²) in [5, 5.41) is 24.2. The summed E-state index contributed by atoms with van der Waals surface area (Å²) in [6.45, 7) is 19.2.